The monoisotopic (exact) mass is 450 g/mol. The minimum atomic E-state index is -0.543. The fourth-order valence-electron chi connectivity index (χ4n) is 4.69. The van der Waals surface area contributed by atoms with Crippen molar-refractivity contribution in [2.75, 3.05) is 12.4 Å². The second-order valence-electron chi connectivity index (χ2n) is 9.11. The van der Waals surface area contributed by atoms with Crippen molar-refractivity contribution in [1.29, 1.82) is 0 Å². The molecule has 5 nitrogen and oxygen atoms in total. The lowest BCUT2D eigenvalue weighted by Gasteiger charge is -2.39. The van der Waals surface area contributed by atoms with Crippen LogP contribution in [0.4, 0.5) is 5.69 Å². The highest BCUT2D eigenvalue weighted by atomic mass is 35.5. The zero-order valence-electron chi connectivity index (χ0n) is 18.7. The average Bonchev–Trinajstić information content (AvgIpc) is 2.72. The summed E-state index contributed by atoms with van der Waals surface area (Å²) < 4.78 is 5.39. The van der Waals surface area contributed by atoms with Crippen LogP contribution in [-0.2, 0) is 9.59 Å². The summed E-state index contributed by atoms with van der Waals surface area (Å²) in [6.07, 6.45) is 1.16. The third-order valence-electron chi connectivity index (χ3n) is 6.06. The van der Waals surface area contributed by atoms with E-state index < -0.39 is 5.92 Å². The maximum atomic E-state index is 13.6. The Morgan fingerprint density at radius 2 is 1.81 bits per heavy atom. The topological polar surface area (TPSA) is 67.4 Å². The number of carbonyl (C=O) groups excluding carboxylic acids is 2. The molecule has 2 aromatic carbocycles. The van der Waals surface area contributed by atoms with Gasteiger partial charge in [-0.1, -0.05) is 55.8 Å². The summed E-state index contributed by atoms with van der Waals surface area (Å²) in [4.78, 5) is 27.0. The number of dihydropyridines is 1. The minimum absolute atomic E-state index is 0.0451. The van der Waals surface area contributed by atoms with Gasteiger partial charge in [-0.2, -0.15) is 0 Å². The fourth-order valence-corrected chi connectivity index (χ4v) is 4.94. The molecule has 1 aliphatic carbocycles. The zero-order valence-corrected chi connectivity index (χ0v) is 19.5. The van der Waals surface area contributed by atoms with Gasteiger partial charge in [-0.3, -0.25) is 9.59 Å². The molecule has 0 radical (unpaired) electrons. The second kappa shape index (κ2) is 8.47. The molecule has 166 valence electrons. The lowest BCUT2D eigenvalue weighted by atomic mass is 9.68. The molecule has 0 spiro atoms. The first kappa shape index (κ1) is 22.2. The highest BCUT2D eigenvalue weighted by Gasteiger charge is 2.43. The fraction of sp³-hybridized carbons (Fsp3) is 0.308. The van der Waals surface area contributed by atoms with Gasteiger partial charge in [0.2, 0.25) is 0 Å². The number of para-hydroxylation sites is 2. The molecule has 1 aliphatic heterocycles. The number of halogens is 1. The van der Waals surface area contributed by atoms with Crippen molar-refractivity contribution < 1.29 is 14.3 Å². The van der Waals surface area contributed by atoms with Crippen molar-refractivity contribution in [2.24, 2.45) is 5.41 Å². The quantitative estimate of drug-likeness (QED) is 0.637. The number of rotatable bonds is 4. The Balaban J connectivity index is 1.83. The van der Waals surface area contributed by atoms with Crippen molar-refractivity contribution in [3.05, 3.63) is 81.7 Å². The number of carbonyl (C=O) groups is 2. The highest BCUT2D eigenvalue weighted by molar-refractivity contribution is 6.31. The van der Waals surface area contributed by atoms with E-state index in [1.54, 1.807) is 25.3 Å². The van der Waals surface area contributed by atoms with Crippen molar-refractivity contribution >= 4 is 29.0 Å². The number of anilines is 1. The third-order valence-corrected chi connectivity index (χ3v) is 6.40. The molecular weight excluding hydrogens is 424 g/mol. The number of methoxy groups -OCH3 is 1. The number of amides is 1. The molecule has 2 N–H and O–H groups in total. The summed E-state index contributed by atoms with van der Waals surface area (Å²) in [5.41, 5.74) is 3.87. The van der Waals surface area contributed by atoms with Crippen LogP contribution in [0.1, 0.15) is 45.1 Å². The van der Waals surface area contributed by atoms with Crippen LogP contribution in [0.3, 0.4) is 0 Å². The van der Waals surface area contributed by atoms with Crippen LogP contribution in [-0.4, -0.2) is 18.8 Å². The van der Waals surface area contributed by atoms with E-state index in [1.807, 2.05) is 37.3 Å². The van der Waals surface area contributed by atoms with Gasteiger partial charge in [0.05, 0.1) is 12.8 Å². The number of allylic oxidation sites excluding steroid dienone is 3. The molecule has 0 fully saturated rings. The summed E-state index contributed by atoms with van der Waals surface area (Å²) in [7, 11) is 1.56. The maximum absolute atomic E-state index is 13.6. The first-order valence-corrected chi connectivity index (χ1v) is 11.0. The molecule has 0 aromatic heterocycles. The number of ether oxygens (including phenoxy) is 1. The van der Waals surface area contributed by atoms with Gasteiger partial charge < -0.3 is 15.4 Å². The lowest BCUT2D eigenvalue weighted by Crippen LogP contribution is -2.39. The molecular formula is C26H27ClN2O3. The first-order valence-electron chi connectivity index (χ1n) is 10.6. The Bertz CT molecular complexity index is 1160. The standard InChI is InChI=1S/C26H27ClN2O3/c1-15-22(25(31)29-18-11-7-8-12-21(18)32-4)23(16-9-5-6-10-17(16)27)24-19(28-15)13-26(2,3)14-20(24)30/h5-12,23,28H,13-14H2,1-4H3,(H,29,31)/t23-/m1/s1. The molecule has 2 aliphatic rings. The van der Waals surface area contributed by atoms with Crippen LogP contribution in [0.5, 0.6) is 5.75 Å². The molecule has 0 bridgehead atoms. The van der Waals surface area contributed by atoms with Gasteiger partial charge in [0, 0.05) is 39.9 Å². The zero-order chi connectivity index (χ0) is 23.0. The van der Waals surface area contributed by atoms with E-state index in [4.69, 9.17) is 16.3 Å². The molecule has 1 amide bonds. The predicted octanol–water partition coefficient (Wildman–Crippen LogP) is 5.59. The number of ketones is 1. The van der Waals surface area contributed by atoms with Crippen molar-refractivity contribution in [1.82, 2.24) is 5.32 Å². The first-order chi connectivity index (χ1) is 15.2. The number of hydrogen-bond donors (Lipinski definition) is 2. The number of hydrogen-bond acceptors (Lipinski definition) is 4. The largest absolute Gasteiger partial charge is 0.495 e. The number of benzene rings is 2. The molecule has 6 heteroatoms. The summed E-state index contributed by atoms with van der Waals surface area (Å²) in [6.45, 7) is 6.05. The van der Waals surface area contributed by atoms with Crippen molar-refractivity contribution in [3.8, 4) is 5.75 Å². The summed E-state index contributed by atoms with van der Waals surface area (Å²) in [5.74, 6) is -0.233. The van der Waals surface area contributed by atoms with Gasteiger partial charge in [-0.25, -0.2) is 0 Å². The Hall–Kier alpha value is -3.05. The van der Waals surface area contributed by atoms with Crippen LogP contribution in [0, 0.1) is 5.41 Å². The van der Waals surface area contributed by atoms with E-state index in [0.717, 1.165) is 17.7 Å². The van der Waals surface area contributed by atoms with Gasteiger partial charge >= 0.3 is 0 Å². The SMILES string of the molecule is COc1ccccc1NC(=O)C1=C(C)NC2=C(C(=O)CC(C)(C)C2)[C@@H]1c1ccccc1Cl. The summed E-state index contributed by atoms with van der Waals surface area (Å²) >= 11 is 6.59. The van der Waals surface area contributed by atoms with E-state index in [0.29, 0.717) is 39.7 Å². The minimum Gasteiger partial charge on any atom is -0.495 e. The van der Waals surface area contributed by atoms with Crippen LogP contribution in [0.25, 0.3) is 0 Å². The number of Topliss-reactive ketones (excluding diaryl/α,β-unsaturated/α-hetero) is 1. The van der Waals surface area contributed by atoms with Crippen LogP contribution in [0.2, 0.25) is 5.02 Å². The Morgan fingerprint density at radius 3 is 2.53 bits per heavy atom. The smallest absolute Gasteiger partial charge is 0.254 e. The summed E-state index contributed by atoms with van der Waals surface area (Å²) in [6, 6.07) is 14.7. The predicted molar refractivity (Wildman–Crippen MR) is 127 cm³/mol. The Morgan fingerprint density at radius 1 is 1.12 bits per heavy atom. The van der Waals surface area contributed by atoms with Crippen LogP contribution >= 0.6 is 11.6 Å². The summed E-state index contributed by atoms with van der Waals surface area (Å²) in [5, 5.41) is 6.87. The molecule has 0 unspecified atom stereocenters. The Kier molecular flexibility index (Phi) is 5.87. The van der Waals surface area contributed by atoms with E-state index in [1.165, 1.54) is 0 Å². The van der Waals surface area contributed by atoms with Gasteiger partial charge in [0.15, 0.2) is 5.78 Å². The molecule has 0 saturated heterocycles. The van der Waals surface area contributed by atoms with E-state index in [2.05, 4.69) is 24.5 Å². The van der Waals surface area contributed by atoms with Gasteiger partial charge in [-0.05, 0) is 42.5 Å². The van der Waals surface area contributed by atoms with Gasteiger partial charge in [0.25, 0.3) is 5.91 Å². The normalized spacial score (nSPS) is 19.9. The van der Waals surface area contributed by atoms with Crippen LogP contribution in [0.15, 0.2) is 71.1 Å². The maximum Gasteiger partial charge on any atom is 0.254 e. The highest BCUT2D eigenvalue weighted by Crippen LogP contribution is 2.48. The molecule has 32 heavy (non-hydrogen) atoms. The van der Waals surface area contributed by atoms with E-state index in [-0.39, 0.29) is 17.1 Å². The third kappa shape index (κ3) is 4.05. The van der Waals surface area contributed by atoms with Crippen LogP contribution < -0.4 is 15.4 Å². The molecule has 0 saturated carbocycles. The molecule has 1 heterocycles. The molecule has 4 rings (SSSR count). The number of nitrogens with one attached hydrogen (secondary N) is 2. The Labute approximate surface area is 193 Å². The lowest BCUT2D eigenvalue weighted by molar-refractivity contribution is -0.118. The molecule has 2 aromatic rings. The van der Waals surface area contributed by atoms with Crippen molar-refractivity contribution in [2.45, 2.75) is 39.5 Å². The second-order valence-corrected chi connectivity index (χ2v) is 9.51. The molecule has 1 atom stereocenters. The van der Waals surface area contributed by atoms with Crippen molar-refractivity contribution in [3.63, 3.8) is 0 Å². The van der Waals surface area contributed by atoms with E-state index >= 15 is 0 Å². The average molecular weight is 451 g/mol. The van der Waals surface area contributed by atoms with Gasteiger partial charge in [0.1, 0.15) is 5.75 Å². The van der Waals surface area contributed by atoms with Gasteiger partial charge in [-0.15, -0.1) is 0 Å². The van der Waals surface area contributed by atoms with E-state index in [9.17, 15) is 9.59 Å².